The van der Waals surface area contributed by atoms with Gasteiger partial charge >= 0.3 is 5.97 Å². The Morgan fingerprint density at radius 1 is 1.41 bits per heavy atom. The van der Waals surface area contributed by atoms with Crippen LogP contribution in [0.5, 0.6) is 0 Å². The average molecular weight is 299 g/mol. The Kier molecular flexibility index (Phi) is 3.43. The highest BCUT2D eigenvalue weighted by atomic mass is 16.5. The lowest BCUT2D eigenvalue weighted by Crippen LogP contribution is -2.10. The Labute approximate surface area is 125 Å². The van der Waals surface area contributed by atoms with Gasteiger partial charge < -0.3 is 15.6 Å². The van der Waals surface area contributed by atoms with Crippen LogP contribution in [0.15, 0.2) is 30.6 Å². The maximum atomic E-state index is 11.8. The number of imidazole rings is 1. The first kappa shape index (κ1) is 14.0. The maximum Gasteiger partial charge on any atom is 0.360 e. The molecule has 0 atom stereocenters. The first-order valence-corrected chi connectivity index (χ1v) is 6.42. The number of aliphatic hydroxyl groups is 1. The van der Waals surface area contributed by atoms with E-state index in [1.54, 1.807) is 30.6 Å². The highest BCUT2D eigenvalue weighted by Gasteiger charge is 2.19. The number of pyridine rings is 1. The van der Waals surface area contributed by atoms with Gasteiger partial charge in [0, 0.05) is 18.0 Å². The molecule has 8 heteroatoms. The number of aromatic nitrogens is 4. The van der Waals surface area contributed by atoms with E-state index in [9.17, 15) is 9.90 Å². The summed E-state index contributed by atoms with van der Waals surface area (Å²) in [5.41, 5.74) is 8.20. The first-order valence-electron chi connectivity index (χ1n) is 6.42. The van der Waals surface area contributed by atoms with E-state index < -0.39 is 5.97 Å². The zero-order chi connectivity index (χ0) is 15.7. The molecule has 0 bridgehead atoms. The van der Waals surface area contributed by atoms with Crippen LogP contribution in [0, 0.1) is 0 Å². The van der Waals surface area contributed by atoms with Gasteiger partial charge in [-0.3, -0.25) is 4.98 Å². The van der Waals surface area contributed by atoms with E-state index in [4.69, 9.17) is 10.5 Å². The van der Waals surface area contributed by atoms with Crippen LogP contribution in [-0.2, 0) is 11.3 Å². The number of ether oxygens (including phenoxy) is 1. The van der Waals surface area contributed by atoms with Gasteiger partial charge in [-0.05, 0) is 23.8 Å². The summed E-state index contributed by atoms with van der Waals surface area (Å²) in [6, 6.07) is 5.19. The molecule has 3 rings (SSSR count). The molecule has 3 N–H and O–H groups in total. The summed E-state index contributed by atoms with van der Waals surface area (Å²) in [5, 5.41) is 13.5. The van der Waals surface area contributed by atoms with Crippen LogP contribution < -0.4 is 5.73 Å². The Balaban J connectivity index is 2.18. The van der Waals surface area contributed by atoms with E-state index in [1.165, 1.54) is 11.6 Å². The van der Waals surface area contributed by atoms with Crippen LogP contribution in [0.2, 0.25) is 0 Å². The van der Waals surface area contributed by atoms with E-state index in [2.05, 4.69) is 15.1 Å². The number of nitrogens with two attached hydrogens (primary N) is 1. The number of aliphatic hydroxyl groups excluding tert-OH is 1. The average Bonchev–Trinajstić information content (AvgIpc) is 2.89. The van der Waals surface area contributed by atoms with Crippen molar-refractivity contribution in [2.75, 3.05) is 12.8 Å². The van der Waals surface area contributed by atoms with Crippen molar-refractivity contribution in [2.45, 2.75) is 6.61 Å². The Morgan fingerprint density at radius 2 is 2.23 bits per heavy atom. The number of nitrogen functional groups attached to an aromatic ring is 1. The minimum atomic E-state index is -0.614. The highest BCUT2D eigenvalue weighted by Crippen LogP contribution is 2.20. The number of carbonyl (C=O) groups excluding carboxylic acids is 1. The number of nitrogens with zero attached hydrogens (tertiary/aromatic N) is 4. The van der Waals surface area contributed by atoms with Gasteiger partial charge in [-0.2, -0.15) is 5.10 Å². The fourth-order valence-corrected chi connectivity index (χ4v) is 2.11. The van der Waals surface area contributed by atoms with E-state index in [0.717, 1.165) is 0 Å². The number of esters is 1. The fraction of sp³-hybridized carbons (Fsp3) is 0.143. The van der Waals surface area contributed by atoms with Crippen LogP contribution in [0.3, 0.4) is 0 Å². The minimum Gasteiger partial charge on any atom is -0.464 e. The van der Waals surface area contributed by atoms with Gasteiger partial charge in [-0.25, -0.2) is 14.3 Å². The topological polar surface area (TPSA) is 116 Å². The van der Waals surface area contributed by atoms with Crippen molar-refractivity contribution in [1.29, 1.82) is 0 Å². The Bertz CT molecular complexity index is 859. The molecule has 0 aliphatic carbocycles. The summed E-state index contributed by atoms with van der Waals surface area (Å²) >= 11 is 0. The number of methoxy groups -OCH3 is 1. The summed E-state index contributed by atoms with van der Waals surface area (Å²) in [6.07, 6.45) is 3.18. The summed E-state index contributed by atoms with van der Waals surface area (Å²) in [4.78, 5) is 19.9. The van der Waals surface area contributed by atoms with Crippen LogP contribution in [0.4, 0.5) is 5.82 Å². The number of fused-ring (bicyclic) bond motifs is 1. The molecule has 0 aliphatic heterocycles. The van der Waals surface area contributed by atoms with E-state index in [1.807, 2.05) is 0 Å². The third-order valence-electron chi connectivity index (χ3n) is 3.16. The lowest BCUT2D eigenvalue weighted by Gasteiger charge is -2.04. The second-order valence-corrected chi connectivity index (χ2v) is 4.57. The maximum absolute atomic E-state index is 11.8. The summed E-state index contributed by atoms with van der Waals surface area (Å²) in [6.45, 7) is -0.117. The van der Waals surface area contributed by atoms with Gasteiger partial charge in [0.05, 0.1) is 19.4 Å². The zero-order valence-electron chi connectivity index (χ0n) is 11.7. The molecule has 0 radical (unpaired) electrons. The molecule has 0 fully saturated rings. The summed E-state index contributed by atoms with van der Waals surface area (Å²) in [5.74, 6) is -0.560. The Hall–Kier alpha value is -3.00. The first-order chi connectivity index (χ1) is 10.6. The highest BCUT2D eigenvalue weighted by molar-refractivity contribution is 5.93. The largest absolute Gasteiger partial charge is 0.464 e. The van der Waals surface area contributed by atoms with Crippen LogP contribution in [0.25, 0.3) is 16.9 Å². The molecule has 3 aromatic heterocycles. The van der Waals surface area contributed by atoms with Crippen molar-refractivity contribution in [3.05, 3.63) is 41.9 Å². The van der Waals surface area contributed by atoms with Gasteiger partial charge in [0.2, 0.25) is 0 Å². The van der Waals surface area contributed by atoms with Crippen LogP contribution in [-0.4, -0.2) is 37.8 Å². The third kappa shape index (κ3) is 2.25. The molecule has 0 saturated carbocycles. The smallest absolute Gasteiger partial charge is 0.360 e. The van der Waals surface area contributed by atoms with E-state index in [-0.39, 0.29) is 18.1 Å². The lowest BCUT2D eigenvalue weighted by atomic mass is 10.1. The number of carbonyl (C=O) groups is 1. The molecule has 3 aromatic rings. The lowest BCUT2D eigenvalue weighted by molar-refractivity contribution is 0.0592. The van der Waals surface area contributed by atoms with Crippen molar-refractivity contribution < 1.29 is 14.6 Å². The van der Waals surface area contributed by atoms with E-state index in [0.29, 0.717) is 22.5 Å². The van der Waals surface area contributed by atoms with Crippen molar-refractivity contribution >= 4 is 17.4 Å². The van der Waals surface area contributed by atoms with Gasteiger partial charge in [-0.15, -0.1) is 0 Å². The molecule has 22 heavy (non-hydrogen) atoms. The van der Waals surface area contributed by atoms with Crippen molar-refractivity contribution in [3.8, 4) is 11.3 Å². The van der Waals surface area contributed by atoms with Gasteiger partial charge in [-0.1, -0.05) is 0 Å². The predicted octanol–water partition coefficient (Wildman–Crippen LogP) is 0.652. The van der Waals surface area contributed by atoms with Gasteiger partial charge in [0.1, 0.15) is 0 Å². The molecule has 0 aliphatic rings. The molecule has 0 unspecified atom stereocenters. The zero-order valence-corrected chi connectivity index (χ0v) is 11.7. The third-order valence-corrected chi connectivity index (χ3v) is 3.16. The molecule has 0 aromatic carbocycles. The van der Waals surface area contributed by atoms with Crippen molar-refractivity contribution in [1.82, 2.24) is 19.6 Å². The SMILES string of the molecule is COC(=O)c1c(N)nc2ccc(-c3cncc(CO)c3)nn12. The normalized spacial score (nSPS) is 10.8. The second kappa shape index (κ2) is 5.41. The monoisotopic (exact) mass is 299 g/mol. The molecule has 112 valence electrons. The molecule has 0 amide bonds. The van der Waals surface area contributed by atoms with Crippen LogP contribution >= 0.6 is 0 Å². The Morgan fingerprint density at radius 3 is 2.95 bits per heavy atom. The van der Waals surface area contributed by atoms with Gasteiger partial charge in [0.25, 0.3) is 0 Å². The number of hydrogen-bond acceptors (Lipinski definition) is 7. The number of rotatable bonds is 3. The van der Waals surface area contributed by atoms with Crippen molar-refractivity contribution in [2.24, 2.45) is 0 Å². The summed E-state index contributed by atoms with van der Waals surface area (Å²) < 4.78 is 6.04. The summed E-state index contributed by atoms with van der Waals surface area (Å²) in [7, 11) is 1.26. The molecule has 3 heterocycles. The van der Waals surface area contributed by atoms with Crippen molar-refractivity contribution in [3.63, 3.8) is 0 Å². The molecular formula is C14H13N5O3. The minimum absolute atomic E-state index is 0.0544. The van der Waals surface area contributed by atoms with Gasteiger partial charge in [0.15, 0.2) is 17.2 Å². The van der Waals surface area contributed by atoms with Crippen LogP contribution in [0.1, 0.15) is 16.1 Å². The molecule has 0 spiro atoms. The molecule has 8 nitrogen and oxygen atoms in total. The standard InChI is InChI=1S/C14H13N5O3/c1-22-14(21)12-13(15)17-11-3-2-10(18-19(11)12)9-4-8(7-20)5-16-6-9/h2-6,20H,7,15H2,1H3. The molecular weight excluding hydrogens is 286 g/mol. The number of hydrogen-bond donors (Lipinski definition) is 2. The molecule has 0 saturated heterocycles. The second-order valence-electron chi connectivity index (χ2n) is 4.57. The predicted molar refractivity (Wildman–Crippen MR) is 77.9 cm³/mol. The fourth-order valence-electron chi connectivity index (χ4n) is 2.11. The number of anilines is 1. The van der Waals surface area contributed by atoms with E-state index >= 15 is 0 Å². The quantitative estimate of drug-likeness (QED) is 0.682.